The zero-order chi connectivity index (χ0) is 11.4. The molecule has 0 spiro atoms. The van der Waals surface area contributed by atoms with Crippen molar-refractivity contribution in [1.29, 1.82) is 0 Å². The number of allylic oxidation sites excluding steroid dienone is 2. The summed E-state index contributed by atoms with van der Waals surface area (Å²) in [5.74, 6) is 1.75. The molecule has 1 aliphatic rings. The van der Waals surface area contributed by atoms with Crippen molar-refractivity contribution in [2.45, 2.75) is 6.42 Å². The van der Waals surface area contributed by atoms with Crippen molar-refractivity contribution >= 4 is 11.6 Å². The third-order valence-electron chi connectivity index (χ3n) is 2.37. The quantitative estimate of drug-likeness (QED) is 0.715. The number of nitrogens with two attached hydrogens (primary N) is 1. The average molecular weight is 218 g/mol. The molecule has 5 nitrogen and oxygen atoms in total. The van der Waals surface area contributed by atoms with Gasteiger partial charge in [-0.3, -0.25) is 0 Å². The van der Waals surface area contributed by atoms with Crippen molar-refractivity contribution in [3.63, 3.8) is 0 Å². The maximum Gasteiger partial charge on any atom is 0.131 e. The molecule has 5 heteroatoms. The first-order chi connectivity index (χ1) is 7.74. The molecule has 4 N–H and O–H groups in total. The summed E-state index contributed by atoms with van der Waals surface area (Å²) in [5.41, 5.74) is 5.54. The van der Waals surface area contributed by atoms with Gasteiger partial charge in [-0.25, -0.2) is 9.97 Å². The summed E-state index contributed by atoms with van der Waals surface area (Å²) in [6, 6.07) is 1.68. The predicted molar refractivity (Wildman–Crippen MR) is 62.9 cm³/mol. The minimum Gasteiger partial charge on any atom is -0.508 e. The van der Waals surface area contributed by atoms with E-state index in [9.17, 15) is 5.11 Å². The van der Waals surface area contributed by atoms with Crippen molar-refractivity contribution in [3.8, 4) is 0 Å². The summed E-state index contributed by atoms with van der Waals surface area (Å²) in [6.07, 6.45) is 7.83. The molecule has 0 bridgehead atoms. The number of aromatic nitrogens is 2. The monoisotopic (exact) mass is 218 g/mol. The number of nitrogens with one attached hydrogen (secondary N) is 1. The van der Waals surface area contributed by atoms with Crippen LogP contribution in [0.2, 0.25) is 0 Å². The Morgan fingerprint density at radius 3 is 3.12 bits per heavy atom. The molecule has 0 saturated carbocycles. The Bertz CT molecular complexity index is 428. The first-order valence-corrected chi connectivity index (χ1v) is 5.13. The fraction of sp³-hybridized carbons (Fsp3) is 0.273. The van der Waals surface area contributed by atoms with Crippen LogP contribution in [0.15, 0.2) is 36.4 Å². The second kappa shape index (κ2) is 4.65. The first-order valence-electron chi connectivity index (χ1n) is 5.13. The van der Waals surface area contributed by atoms with Gasteiger partial charge in [0.05, 0.1) is 0 Å². The molecule has 1 aromatic rings. The molecule has 1 aliphatic carbocycles. The van der Waals surface area contributed by atoms with Gasteiger partial charge in [0.1, 0.15) is 23.7 Å². The second-order valence-electron chi connectivity index (χ2n) is 3.70. The largest absolute Gasteiger partial charge is 0.508 e. The van der Waals surface area contributed by atoms with Gasteiger partial charge >= 0.3 is 0 Å². The summed E-state index contributed by atoms with van der Waals surface area (Å²) in [5, 5.41) is 12.5. The molecule has 0 aromatic carbocycles. The molecule has 2 rings (SSSR count). The topological polar surface area (TPSA) is 84.1 Å². The highest BCUT2D eigenvalue weighted by atomic mass is 16.3. The van der Waals surface area contributed by atoms with Gasteiger partial charge in [-0.15, -0.1) is 0 Å². The lowest BCUT2D eigenvalue weighted by Crippen LogP contribution is -2.14. The summed E-state index contributed by atoms with van der Waals surface area (Å²) in [6.45, 7) is 0.713. The van der Waals surface area contributed by atoms with Gasteiger partial charge in [0, 0.05) is 18.5 Å². The standard InChI is InChI=1S/C11H14N4O/c12-10-5-11(15-7-14-10)13-6-8-2-1-3-9(16)4-8/h1,3-5,7-8,16H,2,6H2,(H3,12,13,14,15). The molecule has 0 aliphatic heterocycles. The number of rotatable bonds is 3. The molecule has 1 heterocycles. The maximum absolute atomic E-state index is 9.32. The van der Waals surface area contributed by atoms with Gasteiger partial charge in [-0.05, 0) is 18.6 Å². The number of nitrogens with zero attached hydrogens (tertiary/aromatic N) is 2. The highest BCUT2D eigenvalue weighted by Crippen LogP contribution is 2.16. The van der Waals surface area contributed by atoms with Gasteiger partial charge in [-0.1, -0.05) is 6.08 Å². The maximum atomic E-state index is 9.32. The fourth-order valence-corrected chi connectivity index (χ4v) is 1.58. The van der Waals surface area contributed by atoms with Gasteiger partial charge in [-0.2, -0.15) is 0 Å². The predicted octanol–water partition coefficient (Wildman–Crippen LogP) is 1.49. The molecule has 1 aromatic heterocycles. The van der Waals surface area contributed by atoms with Crippen molar-refractivity contribution in [3.05, 3.63) is 36.4 Å². The Kier molecular flexibility index (Phi) is 3.05. The third kappa shape index (κ3) is 2.73. The van der Waals surface area contributed by atoms with E-state index < -0.39 is 0 Å². The zero-order valence-corrected chi connectivity index (χ0v) is 8.80. The lowest BCUT2D eigenvalue weighted by atomic mass is 10.00. The zero-order valence-electron chi connectivity index (χ0n) is 8.80. The Balaban J connectivity index is 1.90. The van der Waals surface area contributed by atoms with Crippen LogP contribution < -0.4 is 11.1 Å². The van der Waals surface area contributed by atoms with Crippen LogP contribution in [0, 0.1) is 5.92 Å². The minimum atomic E-state index is 0.279. The number of aliphatic hydroxyl groups is 1. The molecular formula is C11H14N4O. The summed E-state index contributed by atoms with van der Waals surface area (Å²) < 4.78 is 0. The molecule has 84 valence electrons. The number of hydrogen-bond donors (Lipinski definition) is 3. The number of nitrogen functional groups attached to an aromatic ring is 1. The van der Waals surface area contributed by atoms with Crippen LogP contribution in [-0.4, -0.2) is 21.6 Å². The molecule has 0 radical (unpaired) electrons. The Morgan fingerprint density at radius 2 is 2.38 bits per heavy atom. The van der Waals surface area contributed by atoms with E-state index in [0.717, 1.165) is 6.42 Å². The van der Waals surface area contributed by atoms with Crippen LogP contribution in [0.4, 0.5) is 11.6 Å². The molecule has 0 saturated heterocycles. The van der Waals surface area contributed by atoms with Crippen molar-refractivity contribution in [2.75, 3.05) is 17.6 Å². The smallest absolute Gasteiger partial charge is 0.131 e. The fourth-order valence-electron chi connectivity index (χ4n) is 1.58. The normalized spacial score (nSPS) is 19.2. The molecule has 0 fully saturated rings. The van der Waals surface area contributed by atoms with E-state index in [2.05, 4.69) is 15.3 Å². The SMILES string of the molecule is Nc1cc(NCC2C=C(O)C=CC2)ncn1. The summed E-state index contributed by atoms with van der Waals surface area (Å²) in [4.78, 5) is 7.85. The Morgan fingerprint density at radius 1 is 1.50 bits per heavy atom. The van der Waals surface area contributed by atoms with E-state index in [4.69, 9.17) is 5.73 Å². The molecular weight excluding hydrogens is 204 g/mol. The summed E-state index contributed by atoms with van der Waals surface area (Å²) in [7, 11) is 0. The number of hydrogen-bond acceptors (Lipinski definition) is 5. The van der Waals surface area contributed by atoms with Gasteiger partial charge in [0.2, 0.25) is 0 Å². The van der Waals surface area contributed by atoms with Crippen molar-refractivity contribution in [2.24, 2.45) is 5.92 Å². The average Bonchev–Trinajstić information content (AvgIpc) is 2.27. The van der Waals surface area contributed by atoms with Crippen molar-refractivity contribution < 1.29 is 5.11 Å². The Labute approximate surface area is 93.7 Å². The van der Waals surface area contributed by atoms with Crippen LogP contribution >= 0.6 is 0 Å². The van der Waals surface area contributed by atoms with Crippen LogP contribution in [0.25, 0.3) is 0 Å². The Hall–Kier alpha value is -2.04. The van der Waals surface area contributed by atoms with Gasteiger partial charge < -0.3 is 16.2 Å². The van der Waals surface area contributed by atoms with E-state index in [1.165, 1.54) is 6.33 Å². The second-order valence-corrected chi connectivity index (χ2v) is 3.70. The van der Waals surface area contributed by atoms with Crippen LogP contribution in [0.5, 0.6) is 0 Å². The number of anilines is 2. The van der Waals surface area contributed by atoms with E-state index >= 15 is 0 Å². The highest BCUT2D eigenvalue weighted by Gasteiger charge is 2.08. The lowest BCUT2D eigenvalue weighted by Gasteiger charge is -2.15. The lowest BCUT2D eigenvalue weighted by molar-refractivity contribution is 0.418. The summed E-state index contributed by atoms with van der Waals surface area (Å²) >= 11 is 0. The van der Waals surface area contributed by atoms with Gasteiger partial charge in [0.25, 0.3) is 0 Å². The third-order valence-corrected chi connectivity index (χ3v) is 2.37. The van der Waals surface area contributed by atoms with E-state index in [1.807, 2.05) is 12.2 Å². The highest BCUT2D eigenvalue weighted by molar-refractivity contribution is 5.43. The number of aliphatic hydroxyl groups excluding tert-OH is 1. The van der Waals surface area contributed by atoms with Crippen molar-refractivity contribution in [1.82, 2.24) is 9.97 Å². The van der Waals surface area contributed by atoms with Crippen LogP contribution in [0.1, 0.15) is 6.42 Å². The minimum absolute atomic E-state index is 0.279. The van der Waals surface area contributed by atoms with Crippen LogP contribution in [-0.2, 0) is 0 Å². The molecule has 16 heavy (non-hydrogen) atoms. The van der Waals surface area contributed by atoms with Crippen LogP contribution in [0.3, 0.4) is 0 Å². The van der Waals surface area contributed by atoms with E-state index in [1.54, 1.807) is 12.1 Å². The molecule has 0 amide bonds. The molecule has 1 unspecified atom stereocenters. The van der Waals surface area contributed by atoms with E-state index in [0.29, 0.717) is 23.9 Å². The molecule has 1 atom stereocenters. The van der Waals surface area contributed by atoms with Gasteiger partial charge in [0.15, 0.2) is 0 Å². The first kappa shape index (κ1) is 10.5. The van der Waals surface area contributed by atoms with E-state index in [-0.39, 0.29) is 5.92 Å².